The first-order chi connectivity index (χ1) is 12.3. The summed E-state index contributed by atoms with van der Waals surface area (Å²) in [5, 5.41) is 9.68. The van der Waals surface area contributed by atoms with Crippen LogP contribution in [0.5, 0.6) is 0 Å². The van der Waals surface area contributed by atoms with Gasteiger partial charge in [-0.2, -0.15) is 0 Å². The van der Waals surface area contributed by atoms with E-state index in [-0.39, 0.29) is 22.1 Å². The second-order valence-corrected chi connectivity index (χ2v) is 7.46. The van der Waals surface area contributed by atoms with Gasteiger partial charge >= 0.3 is 5.97 Å². The van der Waals surface area contributed by atoms with E-state index in [0.717, 1.165) is 22.2 Å². The second kappa shape index (κ2) is 8.98. The third-order valence-corrected chi connectivity index (χ3v) is 5.01. The Morgan fingerprint density at radius 3 is 2.58 bits per heavy atom. The molecular weight excluding hydrogens is 396 g/mol. The molecular formula is C17H15ClN2O4S2. The molecule has 0 bridgehead atoms. The summed E-state index contributed by atoms with van der Waals surface area (Å²) in [7, 11) is 0. The molecule has 136 valence electrons. The normalized spacial score (nSPS) is 17.7. The first-order valence-electron chi connectivity index (χ1n) is 7.50. The summed E-state index contributed by atoms with van der Waals surface area (Å²) in [5.41, 5.74) is 5.92. The maximum atomic E-state index is 12.6. The summed E-state index contributed by atoms with van der Waals surface area (Å²) in [6, 6.07) is 8.03. The summed E-state index contributed by atoms with van der Waals surface area (Å²) in [6.07, 6.45) is 2.84. The number of aliphatic carboxylic acids is 1. The molecule has 1 atom stereocenters. The van der Waals surface area contributed by atoms with Crippen molar-refractivity contribution in [3.63, 3.8) is 0 Å². The van der Waals surface area contributed by atoms with Crippen molar-refractivity contribution in [2.24, 2.45) is 5.73 Å². The lowest BCUT2D eigenvalue weighted by Gasteiger charge is -2.22. The lowest BCUT2D eigenvalue weighted by atomic mass is 10.1. The van der Waals surface area contributed by atoms with Crippen LogP contribution in [-0.2, 0) is 14.4 Å². The number of rotatable bonds is 7. The van der Waals surface area contributed by atoms with Crippen LogP contribution < -0.4 is 5.73 Å². The number of nitrogens with two attached hydrogens (primary N) is 1. The lowest BCUT2D eigenvalue weighted by molar-refractivity contribution is -0.145. The number of halogens is 1. The molecule has 1 aliphatic heterocycles. The predicted octanol–water partition coefficient (Wildman–Crippen LogP) is 2.73. The van der Waals surface area contributed by atoms with Crippen LogP contribution in [0.25, 0.3) is 6.08 Å². The van der Waals surface area contributed by atoms with Crippen molar-refractivity contribution >= 4 is 63.8 Å². The van der Waals surface area contributed by atoms with Crippen LogP contribution in [0.1, 0.15) is 18.4 Å². The minimum Gasteiger partial charge on any atom is -0.480 e. The van der Waals surface area contributed by atoms with Crippen LogP contribution in [-0.4, -0.2) is 38.2 Å². The summed E-state index contributed by atoms with van der Waals surface area (Å²) in [5.74, 6) is -2.46. The Bertz CT molecular complexity index is 808. The standard InChI is InChI=1S/C17H15ClN2O4S2/c18-11(8-10-4-2-1-3-5-10)9-13-15(22)20(17(25)26-13)12(16(23)24)6-7-14(19)21/h1-5,8-9,12H,6-7H2,(H2,19,21)(H,23,24)/b11-8-,13-9-. The summed E-state index contributed by atoms with van der Waals surface area (Å²) >= 11 is 12.3. The van der Waals surface area contributed by atoms with Crippen molar-refractivity contribution in [2.75, 3.05) is 0 Å². The van der Waals surface area contributed by atoms with Crippen LogP contribution >= 0.6 is 35.6 Å². The fourth-order valence-corrected chi connectivity index (χ4v) is 3.91. The fourth-order valence-electron chi connectivity index (χ4n) is 2.27. The summed E-state index contributed by atoms with van der Waals surface area (Å²) in [4.78, 5) is 36.2. The average Bonchev–Trinajstić information content (AvgIpc) is 2.83. The van der Waals surface area contributed by atoms with Gasteiger partial charge in [-0.05, 0) is 24.1 Å². The number of carboxylic acid groups (broad SMARTS) is 1. The molecule has 0 radical (unpaired) electrons. The Labute approximate surface area is 164 Å². The molecule has 1 aromatic rings. The van der Waals surface area contributed by atoms with Gasteiger partial charge < -0.3 is 10.8 Å². The molecule has 6 nitrogen and oxygen atoms in total. The SMILES string of the molecule is NC(=O)CCC(C(=O)O)N1C(=O)/C(=C/C(Cl)=C/c2ccccc2)SC1=S. The van der Waals surface area contributed by atoms with E-state index in [2.05, 4.69) is 0 Å². The number of hydrogen-bond donors (Lipinski definition) is 2. The van der Waals surface area contributed by atoms with Gasteiger partial charge in [-0.1, -0.05) is 65.9 Å². The number of allylic oxidation sites excluding steroid dienone is 2. The molecule has 1 aromatic carbocycles. The topological polar surface area (TPSA) is 101 Å². The Hall–Kier alpha value is -2.16. The quantitative estimate of drug-likeness (QED) is 0.529. The maximum Gasteiger partial charge on any atom is 0.326 e. The average molecular weight is 411 g/mol. The third-order valence-electron chi connectivity index (χ3n) is 3.46. The highest BCUT2D eigenvalue weighted by Gasteiger charge is 2.40. The number of hydrogen-bond acceptors (Lipinski definition) is 5. The van der Waals surface area contributed by atoms with Gasteiger partial charge in [-0.25, -0.2) is 4.79 Å². The van der Waals surface area contributed by atoms with Crippen molar-refractivity contribution in [1.82, 2.24) is 4.90 Å². The van der Waals surface area contributed by atoms with E-state index in [1.807, 2.05) is 30.3 Å². The fraction of sp³-hybridized carbons (Fsp3) is 0.176. The van der Waals surface area contributed by atoms with E-state index in [4.69, 9.17) is 29.6 Å². The molecule has 2 amide bonds. The molecule has 0 aliphatic carbocycles. The van der Waals surface area contributed by atoms with E-state index in [1.165, 1.54) is 6.08 Å². The number of thioether (sulfide) groups is 1. The molecule has 26 heavy (non-hydrogen) atoms. The number of primary amides is 1. The highest BCUT2D eigenvalue weighted by molar-refractivity contribution is 8.26. The zero-order valence-electron chi connectivity index (χ0n) is 13.4. The summed E-state index contributed by atoms with van der Waals surface area (Å²) < 4.78 is 0.0994. The highest BCUT2D eigenvalue weighted by Crippen LogP contribution is 2.35. The van der Waals surface area contributed by atoms with E-state index >= 15 is 0 Å². The molecule has 9 heteroatoms. The van der Waals surface area contributed by atoms with Gasteiger partial charge in [-0.3, -0.25) is 14.5 Å². The smallest absolute Gasteiger partial charge is 0.326 e. The molecule has 0 aromatic heterocycles. The number of amides is 2. The molecule has 1 saturated heterocycles. The Morgan fingerprint density at radius 2 is 2.00 bits per heavy atom. The van der Waals surface area contributed by atoms with Gasteiger partial charge in [0.25, 0.3) is 5.91 Å². The van der Waals surface area contributed by atoms with Crippen molar-refractivity contribution < 1.29 is 19.5 Å². The molecule has 1 unspecified atom stereocenters. The summed E-state index contributed by atoms with van der Waals surface area (Å²) in [6.45, 7) is 0. The van der Waals surface area contributed by atoms with Gasteiger partial charge in [0.1, 0.15) is 10.4 Å². The van der Waals surface area contributed by atoms with Crippen LogP contribution in [0.2, 0.25) is 0 Å². The third kappa shape index (κ3) is 5.17. The van der Waals surface area contributed by atoms with Crippen molar-refractivity contribution in [3.8, 4) is 0 Å². The first-order valence-corrected chi connectivity index (χ1v) is 9.10. The molecule has 2 rings (SSSR count). The van der Waals surface area contributed by atoms with Gasteiger partial charge in [-0.15, -0.1) is 0 Å². The highest BCUT2D eigenvalue weighted by atomic mass is 35.5. The van der Waals surface area contributed by atoms with Gasteiger partial charge in [0, 0.05) is 11.5 Å². The number of carbonyl (C=O) groups is 3. The largest absolute Gasteiger partial charge is 0.480 e. The van der Waals surface area contributed by atoms with Crippen molar-refractivity contribution in [3.05, 3.63) is 51.9 Å². The van der Waals surface area contributed by atoms with E-state index in [0.29, 0.717) is 5.03 Å². The zero-order valence-corrected chi connectivity index (χ0v) is 15.8. The van der Waals surface area contributed by atoms with Crippen molar-refractivity contribution in [2.45, 2.75) is 18.9 Å². The number of thiocarbonyl (C=S) groups is 1. The monoisotopic (exact) mass is 410 g/mol. The number of carbonyl (C=O) groups excluding carboxylic acids is 2. The minimum absolute atomic E-state index is 0.0994. The van der Waals surface area contributed by atoms with Gasteiger partial charge in [0.2, 0.25) is 5.91 Å². The molecule has 3 N–H and O–H groups in total. The molecule has 1 heterocycles. The Balaban J connectivity index is 2.22. The number of carboxylic acids is 1. The zero-order chi connectivity index (χ0) is 19.3. The van der Waals surface area contributed by atoms with Crippen LogP contribution in [0.3, 0.4) is 0 Å². The molecule has 1 aliphatic rings. The van der Waals surface area contributed by atoms with Gasteiger partial charge in [0.05, 0.1) is 4.91 Å². The molecule has 0 spiro atoms. The van der Waals surface area contributed by atoms with Crippen molar-refractivity contribution in [1.29, 1.82) is 0 Å². The minimum atomic E-state index is -1.25. The van der Waals surface area contributed by atoms with E-state index in [9.17, 15) is 19.5 Å². The van der Waals surface area contributed by atoms with Crippen LogP contribution in [0, 0.1) is 0 Å². The molecule has 0 saturated carbocycles. The lowest BCUT2D eigenvalue weighted by Crippen LogP contribution is -2.44. The van der Waals surface area contributed by atoms with E-state index in [1.54, 1.807) is 6.08 Å². The Morgan fingerprint density at radius 1 is 1.35 bits per heavy atom. The second-order valence-electron chi connectivity index (χ2n) is 5.35. The van der Waals surface area contributed by atoms with E-state index < -0.39 is 23.8 Å². The molecule has 1 fully saturated rings. The van der Waals surface area contributed by atoms with Crippen LogP contribution in [0.4, 0.5) is 0 Å². The number of benzene rings is 1. The Kier molecular flexibility index (Phi) is 6.96. The number of nitrogens with zero attached hydrogens (tertiary/aromatic N) is 1. The predicted molar refractivity (Wildman–Crippen MR) is 105 cm³/mol. The maximum absolute atomic E-state index is 12.6. The first kappa shape index (κ1) is 20.2. The van der Waals surface area contributed by atoms with Crippen LogP contribution in [0.15, 0.2) is 46.3 Å². The van der Waals surface area contributed by atoms with Gasteiger partial charge in [0.15, 0.2) is 0 Å².